The van der Waals surface area contributed by atoms with E-state index in [-0.39, 0.29) is 19.1 Å². The van der Waals surface area contributed by atoms with Gasteiger partial charge in [0.1, 0.15) is 13.2 Å². The SMILES string of the molecule is CC/C=C\C/C=C\CCCCCCCCCCCCCCCCC(=O)NC(COP(=O)(O)OCC[N+](C)(C)C)C(O)/C=C/CCCCCCCCCCCCCCCCCCCCC. The van der Waals surface area contributed by atoms with Gasteiger partial charge in [-0.1, -0.05) is 243 Å². The standard InChI is InChI=1S/C55H107N2O6P/c1-6-8-10-12-14-16-18-20-22-24-26-28-30-32-34-36-38-40-42-44-46-48-54(58)53(52-63-64(60,61)62-51-50-57(3,4)5)56-55(59)49-47-45-43-41-39-37-35-33-31-29-27-25-23-21-19-17-15-13-11-9-7-2/h9,11,15,17,46,48,53-54,58H,6-8,10,12-14,16,18-45,47,49-52H2,1-5H3,(H-,56,59,60,61)/p+1/b11-9-,17-15-,48-46+. The van der Waals surface area contributed by atoms with Gasteiger partial charge < -0.3 is 19.8 Å². The monoisotopic (exact) mass is 924 g/mol. The molecule has 0 aliphatic carbocycles. The largest absolute Gasteiger partial charge is 0.472 e. The number of rotatable bonds is 50. The number of hydrogen-bond donors (Lipinski definition) is 3. The summed E-state index contributed by atoms with van der Waals surface area (Å²) in [5, 5.41) is 13.9. The maximum atomic E-state index is 13.0. The Balaban J connectivity index is 4.24. The summed E-state index contributed by atoms with van der Waals surface area (Å²) >= 11 is 0. The molecule has 3 unspecified atom stereocenters. The van der Waals surface area contributed by atoms with Crippen LogP contribution in [-0.2, 0) is 18.4 Å². The number of phosphoric acid groups is 1. The highest BCUT2D eigenvalue weighted by molar-refractivity contribution is 7.47. The molecular formula is C55H108N2O6P+. The molecule has 0 bridgehead atoms. The summed E-state index contributed by atoms with van der Waals surface area (Å²) in [6.45, 7) is 4.75. The maximum Gasteiger partial charge on any atom is 0.472 e. The van der Waals surface area contributed by atoms with Crippen molar-refractivity contribution in [2.45, 2.75) is 270 Å². The van der Waals surface area contributed by atoms with E-state index in [9.17, 15) is 19.4 Å². The van der Waals surface area contributed by atoms with E-state index >= 15 is 0 Å². The third-order valence-corrected chi connectivity index (χ3v) is 13.4. The van der Waals surface area contributed by atoms with E-state index < -0.39 is 20.0 Å². The number of nitrogens with zero attached hydrogens (tertiary/aromatic N) is 1. The molecule has 8 nitrogen and oxygen atoms in total. The van der Waals surface area contributed by atoms with Crippen LogP contribution in [0.4, 0.5) is 0 Å². The fraction of sp³-hybridized carbons (Fsp3) is 0.873. The zero-order valence-electron chi connectivity index (χ0n) is 43.0. The number of carbonyl (C=O) groups is 1. The average molecular weight is 924 g/mol. The molecule has 1 amide bonds. The normalized spacial score (nSPS) is 14.3. The number of hydrogen-bond acceptors (Lipinski definition) is 5. The second-order valence-electron chi connectivity index (χ2n) is 19.9. The number of amides is 1. The van der Waals surface area contributed by atoms with Crippen molar-refractivity contribution in [3.8, 4) is 0 Å². The molecule has 9 heteroatoms. The zero-order chi connectivity index (χ0) is 47.1. The molecule has 3 N–H and O–H groups in total. The second kappa shape index (κ2) is 46.8. The van der Waals surface area contributed by atoms with Crippen LogP contribution < -0.4 is 5.32 Å². The number of quaternary nitrogens is 1. The summed E-state index contributed by atoms with van der Waals surface area (Å²) in [6, 6.07) is -0.846. The Hall–Kier alpha value is -1.28. The highest BCUT2D eigenvalue weighted by atomic mass is 31.2. The first-order valence-corrected chi connectivity index (χ1v) is 28.9. The summed E-state index contributed by atoms with van der Waals surface area (Å²) in [6.07, 6.45) is 59.4. The van der Waals surface area contributed by atoms with E-state index in [0.717, 1.165) is 51.4 Å². The predicted octanol–water partition coefficient (Wildman–Crippen LogP) is 16.2. The number of unbranched alkanes of at least 4 members (excludes halogenated alkanes) is 33. The minimum absolute atomic E-state index is 0.0624. The van der Waals surface area contributed by atoms with Gasteiger partial charge in [0.2, 0.25) is 5.91 Å². The van der Waals surface area contributed by atoms with Crippen LogP contribution in [0.2, 0.25) is 0 Å². The summed E-state index contributed by atoms with van der Waals surface area (Å²) in [5.74, 6) is -0.175. The van der Waals surface area contributed by atoms with Crippen molar-refractivity contribution in [1.29, 1.82) is 0 Å². The molecule has 0 aliphatic heterocycles. The van der Waals surface area contributed by atoms with Crippen molar-refractivity contribution in [2.75, 3.05) is 40.9 Å². The Bertz CT molecular complexity index is 1140. The van der Waals surface area contributed by atoms with Crippen LogP contribution in [0.5, 0.6) is 0 Å². The Labute approximate surface area is 397 Å². The van der Waals surface area contributed by atoms with Gasteiger partial charge in [-0.05, 0) is 44.9 Å². The van der Waals surface area contributed by atoms with Gasteiger partial charge in [-0.15, -0.1) is 0 Å². The lowest BCUT2D eigenvalue weighted by atomic mass is 10.0. The molecule has 0 radical (unpaired) electrons. The van der Waals surface area contributed by atoms with E-state index in [1.54, 1.807) is 6.08 Å². The number of aliphatic hydroxyl groups is 1. The zero-order valence-corrected chi connectivity index (χ0v) is 43.9. The molecule has 0 fully saturated rings. The molecule has 0 spiro atoms. The van der Waals surface area contributed by atoms with Gasteiger partial charge in [0, 0.05) is 6.42 Å². The molecule has 0 aromatic heterocycles. The molecule has 0 aromatic carbocycles. The molecule has 3 atom stereocenters. The van der Waals surface area contributed by atoms with E-state index in [2.05, 4.69) is 43.5 Å². The van der Waals surface area contributed by atoms with Crippen LogP contribution in [0, 0.1) is 0 Å². The van der Waals surface area contributed by atoms with E-state index in [1.807, 2.05) is 27.2 Å². The minimum Gasteiger partial charge on any atom is -0.387 e. The topological polar surface area (TPSA) is 105 Å². The average Bonchev–Trinajstić information content (AvgIpc) is 3.25. The van der Waals surface area contributed by atoms with Gasteiger partial charge in [-0.25, -0.2) is 4.57 Å². The van der Waals surface area contributed by atoms with Gasteiger partial charge in [-0.3, -0.25) is 13.8 Å². The second-order valence-corrected chi connectivity index (χ2v) is 21.4. The van der Waals surface area contributed by atoms with Crippen LogP contribution in [0.15, 0.2) is 36.5 Å². The highest BCUT2D eigenvalue weighted by Crippen LogP contribution is 2.43. The quantitative estimate of drug-likeness (QED) is 0.0243. The van der Waals surface area contributed by atoms with E-state index in [4.69, 9.17) is 9.05 Å². The van der Waals surface area contributed by atoms with Crippen LogP contribution >= 0.6 is 7.82 Å². The third kappa shape index (κ3) is 48.6. The predicted molar refractivity (Wildman–Crippen MR) is 277 cm³/mol. The number of nitrogens with one attached hydrogen (secondary N) is 1. The number of likely N-dealkylation sites (N-methyl/N-ethyl adjacent to an activating group) is 1. The molecule has 0 rings (SSSR count). The molecule has 0 saturated carbocycles. The molecule has 0 saturated heterocycles. The van der Waals surface area contributed by atoms with Crippen molar-refractivity contribution >= 4 is 13.7 Å². The van der Waals surface area contributed by atoms with Crippen molar-refractivity contribution in [3.63, 3.8) is 0 Å². The van der Waals surface area contributed by atoms with E-state index in [1.165, 1.54) is 186 Å². The van der Waals surface area contributed by atoms with Gasteiger partial charge in [-0.2, -0.15) is 0 Å². The van der Waals surface area contributed by atoms with Crippen molar-refractivity contribution in [1.82, 2.24) is 5.32 Å². The van der Waals surface area contributed by atoms with Crippen LogP contribution in [0.1, 0.15) is 258 Å². The van der Waals surface area contributed by atoms with Crippen molar-refractivity contribution in [3.05, 3.63) is 36.5 Å². The maximum absolute atomic E-state index is 13.0. The first-order valence-electron chi connectivity index (χ1n) is 27.4. The van der Waals surface area contributed by atoms with Gasteiger partial charge in [0.25, 0.3) is 0 Å². The third-order valence-electron chi connectivity index (χ3n) is 12.4. The summed E-state index contributed by atoms with van der Waals surface area (Å²) in [7, 11) is 1.58. The number of aliphatic hydroxyl groups excluding tert-OH is 1. The van der Waals surface area contributed by atoms with Crippen molar-refractivity contribution in [2.24, 2.45) is 0 Å². The lowest BCUT2D eigenvalue weighted by molar-refractivity contribution is -0.870. The summed E-state index contributed by atoms with van der Waals surface area (Å²) < 4.78 is 23.7. The van der Waals surface area contributed by atoms with E-state index in [0.29, 0.717) is 17.4 Å². The number of allylic oxidation sites excluding steroid dienone is 5. The Morgan fingerprint density at radius 3 is 1.36 bits per heavy atom. The minimum atomic E-state index is -4.34. The molecule has 0 aromatic rings. The van der Waals surface area contributed by atoms with Gasteiger partial charge >= 0.3 is 7.82 Å². The molecule has 0 aliphatic rings. The Kier molecular flexibility index (Phi) is 45.9. The van der Waals surface area contributed by atoms with Crippen molar-refractivity contribution < 1.29 is 32.9 Å². The fourth-order valence-corrected chi connectivity index (χ4v) is 8.82. The summed E-state index contributed by atoms with van der Waals surface area (Å²) in [5.41, 5.74) is 0. The van der Waals surface area contributed by atoms with Crippen LogP contribution in [0.3, 0.4) is 0 Å². The Morgan fingerprint density at radius 1 is 0.547 bits per heavy atom. The lowest BCUT2D eigenvalue weighted by Gasteiger charge is -2.25. The van der Waals surface area contributed by atoms with Crippen LogP contribution in [-0.4, -0.2) is 73.4 Å². The molecular weight excluding hydrogens is 816 g/mol. The lowest BCUT2D eigenvalue weighted by Crippen LogP contribution is -2.45. The Morgan fingerprint density at radius 2 is 0.938 bits per heavy atom. The first-order chi connectivity index (χ1) is 31.0. The fourth-order valence-electron chi connectivity index (χ4n) is 8.08. The first kappa shape index (κ1) is 62.7. The van der Waals surface area contributed by atoms with Crippen LogP contribution in [0.25, 0.3) is 0 Å². The molecule has 378 valence electrons. The number of phosphoric ester groups is 1. The number of carbonyl (C=O) groups excluding carboxylic acids is 1. The highest BCUT2D eigenvalue weighted by Gasteiger charge is 2.27. The summed E-state index contributed by atoms with van der Waals surface area (Å²) in [4.78, 5) is 23.3. The molecule has 64 heavy (non-hydrogen) atoms. The molecule has 0 heterocycles. The smallest absolute Gasteiger partial charge is 0.387 e. The van der Waals surface area contributed by atoms with Gasteiger partial charge in [0.15, 0.2) is 0 Å². The van der Waals surface area contributed by atoms with Gasteiger partial charge in [0.05, 0.1) is 39.9 Å².